The second kappa shape index (κ2) is 9.82. The molecule has 4 heteroatoms. The zero-order valence-electron chi connectivity index (χ0n) is 21.4. The maximum atomic E-state index is 6.69. The number of para-hydroxylation sites is 2. The molecule has 0 saturated heterocycles. The van der Waals surface area contributed by atoms with Crippen molar-refractivity contribution >= 4 is 49.5 Å². The summed E-state index contributed by atoms with van der Waals surface area (Å²) in [6.07, 6.45) is 0. The lowest BCUT2D eigenvalue weighted by Crippen LogP contribution is -2.18. The number of fused-ring (bicyclic) bond motifs is 3. The van der Waals surface area contributed by atoms with Crippen LogP contribution < -0.4 is 10.6 Å². The number of rotatable bonds is 6. The standard InChI is InChI=1S/C35H27N3S/c36-32-23-27(26-9-3-1-4-10-26)17-20-34(32)37(28-11-5-2-6-12-28)24-25-15-18-29(19-16-25)38-33-14-8-7-13-30(33)31-21-22-39-35(31)38/h1-23H,24,36H2. The predicted octanol–water partition coefficient (Wildman–Crippen LogP) is 9.43. The largest absolute Gasteiger partial charge is 0.397 e. The first kappa shape index (κ1) is 23.3. The Kier molecular flexibility index (Phi) is 5.87. The van der Waals surface area contributed by atoms with Crippen LogP contribution in [0.2, 0.25) is 0 Å². The quantitative estimate of drug-likeness (QED) is 0.221. The number of anilines is 3. The van der Waals surface area contributed by atoms with E-state index in [1.165, 1.54) is 32.4 Å². The monoisotopic (exact) mass is 521 g/mol. The van der Waals surface area contributed by atoms with Crippen LogP contribution in [0.4, 0.5) is 17.1 Å². The van der Waals surface area contributed by atoms with Crippen LogP contribution in [0.15, 0.2) is 139 Å². The Morgan fingerprint density at radius 3 is 2.13 bits per heavy atom. The summed E-state index contributed by atoms with van der Waals surface area (Å²) in [6.45, 7) is 0.708. The molecule has 188 valence electrons. The first-order valence-electron chi connectivity index (χ1n) is 13.1. The third-order valence-corrected chi connectivity index (χ3v) is 8.21. The van der Waals surface area contributed by atoms with Gasteiger partial charge in [-0.2, -0.15) is 0 Å². The molecular weight excluding hydrogens is 494 g/mol. The fourth-order valence-electron chi connectivity index (χ4n) is 5.41. The number of hydrogen-bond acceptors (Lipinski definition) is 3. The van der Waals surface area contributed by atoms with Crippen LogP contribution in [0.25, 0.3) is 37.9 Å². The molecule has 7 rings (SSSR count). The van der Waals surface area contributed by atoms with Crippen molar-refractivity contribution in [3.05, 3.63) is 144 Å². The van der Waals surface area contributed by atoms with Gasteiger partial charge in [0, 0.05) is 28.7 Å². The van der Waals surface area contributed by atoms with Crippen molar-refractivity contribution in [2.75, 3.05) is 10.6 Å². The molecule has 0 spiro atoms. The maximum absolute atomic E-state index is 6.69. The number of nitrogens with two attached hydrogens (primary N) is 1. The van der Waals surface area contributed by atoms with Gasteiger partial charge in [-0.1, -0.05) is 84.9 Å². The number of benzene rings is 5. The minimum atomic E-state index is 0.708. The smallest absolute Gasteiger partial charge is 0.108 e. The van der Waals surface area contributed by atoms with Crippen LogP contribution in [-0.2, 0) is 6.54 Å². The lowest BCUT2D eigenvalue weighted by Gasteiger charge is -2.27. The minimum absolute atomic E-state index is 0.708. The highest BCUT2D eigenvalue weighted by Gasteiger charge is 2.16. The molecule has 0 aliphatic heterocycles. The second-order valence-electron chi connectivity index (χ2n) is 9.72. The molecule has 0 aliphatic carbocycles. The summed E-state index contributed by atoms with van der Waals surface area (Å²) in [4.78, 5) is 3.57. The number of nitrogen functional groups attached to an aromatic ring is 1. The summed E-state index contributed by atoms with van der Waals surface area (Å²) in [5.41, 5.74) is 15.5. The van der Waals surface area contributed by atoms with Crippen LogP contribution in [0, 0.1) is 0 Å². The Hall–Kier alpha value is -4.80. The third-order valence-electron chi connectivity index (χ3n) is 7.31. The van der Waals surface area contributed by atoms with Gasteiger partial charge in [0.25, 0.3) is 0 Å². The topological polar surface area (TPSA) is 34.2 Å². The van der Waals surface area contributed by atoms with Gasteiger partial charge in [-0.15, -0.1) is 11.3 Å². The van der Waals surface area contributed by atoms with Gasteiger partial charge in [0.1, 0.15) is 4.83 Å². The average Bonchev–Trinajstić information content (AvgIpc) is 3.59. The summed E-state index contributed by atoms with van der Waals surface area (Å²) in [5.74, 6) is 0. The summed E-state index contributed by atoms with van der Waals surface area (Å²) in [6, 6.07) is 47.0. The van der Waals surface area contributed by atoms with E-state index in [-0.39, 0.29) is 0 Å². The Bertz CT molecular complexity index is 1880. The van der Waals surface area contributed by atoms with Gasteiger partial charge >= 0.3 is 0 Å². The molecule has 2 heterocycles. The van der Waals surface area contributed by atoms with Crippen LogP contribution in [0.1, 0.15) is 5.56 Å². The fourth-order valence-corrected chi connectivity index (χ4v) is 6.36. The van der Waals surface area contributed by atoms with Gasteiger partial charge in [0.2, 0.25) is 0 Å². The minimum Gasteiger partial charge on any atom is -0.397 e. The van der Waals surface area contributed by atoms with E-state index in [1.54, 1.807) is 11.3 Å². The van der Waals surface area contributed by atoms with E-state index in [4.69, 9.17) is 5.73 Å². The number of hydrogen-bond donors (Lipinski definition) is 1. The summed E-state index contributed by atoms with van der Waals surface area (Å²) < 4.78 is 2.37. The molecule has 5 aromatic carbocycles. The van der Waals surface area contributed by atoms with E-state index in [1.807, 2.05) is 12.1 Å². The molecule has 0 amide bonds. The molecule has 39 heavy (non-hydrogen) atoms. The molecule has 0 bridgehead atoms. The van der Waals surface area contributed by atoms with Crippen molar-refractivity contribution in [2.45, 2.75) is 6.54 Å². The lowest BCUT2D eigenvalue weighted by atomic mass is 10.0. The molecule has 0 fully saturated rings. The Balaban J connectivity index is 1.25. The number of aromatic nitrogens is 1. The molecule has 0 aliphatic rings. The van der Waals surface area contributed by atoms with E-state index in [9.17, 15) is 0 Å². The van der Waals surface area contributed by atoms with Gasteiger partial charge in [0.15, 0.2) is 0 Å². The first-order valence-corrected chi connectivity index (χ1v) is 14.0. The molecule has 0 atom stereocenters. The Morgan fingerprint density at radius 2 is 1.36 bits per heavy atom. The van der Waals surface area contributed by atoms with Crippen molar-refractivity contribution < 1.29 is 0 Å². The predicted molar refractivity (Wildman–Crippen MR) is 167 cm³/mol. The molecule has 2 N–H and O–H groups in total. The van der Waals surface area contributed by atoms with Crippen LogP contribution in [0.5, 0.6) is 0 Å². The van der Waals surface area contributed by atoms with E-state index < -0.39 is 0 Å². The van der Waals surface area contributed by atoms with Crippen LogP contribution in [-0.4, -0.2) is 4.57 Å². The number of nitrogens with zero attached hydrogens (tertiary/aromatic N) is 2. The van der Waals surface area contributed by atoms with E-state index in [0.29, 0.717) is 6.54 Å². The molecule has 2 aromatic heterocycles. The third kappa shape index (κ3) is 4.25. The zero-order valence-corrected chi connectivity index (χ0v) is 22.2. The molecule has 0 radical (unpaired) electrons. The van der Waals surface area contributed by atoms with E-state index >= 15 is 0 Å². The lowest BCUT2D eigenvalue weighted by molar-refractivity contribution is 0.975. The van der Waals surface area contributed by atoms with E-state index in [0.717, 1.165) is 28.2 Å². The first-order chi connectivity index (χ1) is 19.3. The molecule has 0 saturated carbocycles. The van der Waals surface area contributed by atoms with Crippen molar-refractivity contribution in [3.63, 3.8) is 0 Å². The highest BCUT2D eigenvalue weighted by Crippen LogP contribution is 2.37. The van der Waals surface area contributed by atoms with Gasteiger partial charge in [-0.3, -0.25) is 0 Å². The SMILES string of the molecule is Nc1cc(-c2ccccc2)ccc1N(Cc1ccc(-n2c3ccccc3c3ccsc32)cc1)c1ccccc1. The van der Waals surface area contributed by atoms with Gasteiger partial charge < -0.3 is 15.2 Å². The van der Waals surface area contributed by atoms with Gasteiger partial charge in [-0.05, 0) is 70.6 Å². The Morgan fingerprint density at radius 1 is 0.641 bits per heavy atom. The van der Waals surface area contributed by atoms with Crippen LogP contribution >= 0.6 is 11.3 Å². The Labute approximate surface area is 232 Å². The van der Waals surface area contributed by atoms with Crippen molar-refractivity contribution in [2.24, 2.45) is 0 Å². The van der Waals surface area contributed by atoms with Crippen LogP contribution in [0.3, 0.4) is 0 Å². The van der Waals surface area contributed by atoms with E-state index in [2.05, 4.69) is 136 Å². The molecular formula is C35H27N3S. The van der Waals surface area contributed by atoms with Crippen molar-refractivity contribution in [1.82, 2.24) is 4.57 Å². The highest BCUT2D eigenvalue weighted by atomic mass is 32.1. The molecule has 7 aromatic rings. The normalized spacial score (nSPS) is 11.3. The zero-order chi connectivity index (χ0) is 26.2. The summed E-state index contributed by atoms with van der Waals surface area (Å²) in [7, 11) is 0. The summed E-state index contributed by atoms with van der Waals surface area (Å²) in [5, 5.41) is 4.78. The van der Waals surface area contributed by atoms with Gasteiger partial charge in [-0.25, -0.2) is 0 Å². The van der Waals surface area contributed by atoms with Crippen molar-refractivity contribution in [1.29, 1.82) is 0 Å². The number of thiophene rings is 1. The highest BCUT2D eigenvalue weighted by molar-refractivity contribution is 7.17. The average molecular weight is 522 g/mol. The molecule has 3 nitrogen and oxygen atoms in total. The van der Waals surface area contributed by atoms with Crippen molar-refractivity contribution in [3.8, 4) is 16.8 Å². The summed E-state index contributed by atoms with van der Waals surface area (Å²) >= 11 is 1.79. The van der Waals surface area contributed by atoms with Gasteiger partial charge in [0.05, 0.1) is 16.9 Å². The fraction of sp³-hybridized carbons (Fsp3) is 0.0286. The maximum Gasteiger partial charge on any atom is 0.108 e. The second-order valence-corrected chi connectivity index (χ2v) is 10.6. The molecule has 0 unspecified atom stereocenters.